The van der Waals surface area contributed by atoms with Crippen molar-refractivity contribution in [3.05, 3.63) is 474 Å². The second kappa shape index (κ2) is 54.4. The molecule has 20 heteroatoms. The van der Waals surface area contributed by atoms with Gasteiger partial charge < -0.3 is 59.2 Å². The predicted molar refractivity (Wildman–Crippen MR) is 580 cm³/mol. The Morgan fingerprint density at radius 3 is 0.945 bits per heavy atom. The summed E-state index contributed by atoms with van der Waals surface area (Å²) in [6.07, 6.45) is 14.8. The number of anilines is 2. The molecular weight excluding hydrogens is 2370 g/mol. The van der Waals surface area contributed by atoms with Crippen molar-refractivity contribution in [3.8, 4) is 95.2 Å². The van der Waals surface area contributed by atoms with Gasteiger partial charge in [0.05, 0.1) is 16.8 Å². The number of aryl methyl sites for hydroxylation is 5. The molecule has 5 aliphatic heterocycles. The molecule has 0 bridgehead atoms. The van der Waals surface area contributed by atoms with Gasteiger partial charge in [0.1, 0.15) is 11.9 Å². The smallest absolute Gasteiger partial charge is 1.00 e. The van der Waals surface area contributed by atoms with Crippen LogP contribution in [0.1, 0.15) is 161 Å². The molecule has 0 atom stereocenters. The fourth-order valence-corrected chi connectivity index (χ4v) is 17.4. The zero-order valence-corrected chi connectivity index (χ0v) is 97.5. The minimum Gasteiger partial charge on any atom is -1.00 e. The number of allylic oxidation sites excluding steroid dienone is 2. The van der Waals surface area contributed by atoms with Crippen LogP contribution in [0.3, 0.4) is 0 Å². The quantitative estimate of drug-likeness (QED) is 0.0638. The largest absolute Gasteiger partial charge is 3.00 e. The zero-order valence-electron chi connectivity index (χ0n) is 96.2. The molecule has 21 rings (SSSR count). The van der Waals surface area contributed by atoms with Gasteiger partial charge in [0.2, 0.25) is 6.33 Å². The minimum atomic E-state index is -3.67. The number of fused-ring (bicyclic) bond motifs is 9. The molecule has 0 saturated carbocycles. The second-order valence-corrected chi connectivity index (χ2v) is 38.9. The van der Waals surface area contributed by atoms with Gasteiger partial charge in [0.25, 0.3) is 0 Å². The summed E-state index contributed by atoms with van der Waals surface area (Å²) < 4.78 is 101. The van der Waals surface area contributed by atoms with Crippen LogP contribution in [-0.4, -0.2) is 61.4 Å². The van der Waals surface area contributed by atoms with Crippen LogP contribution in [0.5, 0.6) is 0 Å². The number of benzene rings is 11. The molecule has 146 heavy (non-hydrogen) atoms. The summed E-state index contributed by atoms with van der Waals surface area (Å²) in [5.74, 6) is 0. The molecule has 0 unspecified atom stereocenters. The molecule has 0 amide bonds. The summed E-state index contributed by atoms with van der Waals surface area (Å²) in [5.41, 5.74) is 30.7. The molecule has 0 fully saturated rings. The summed E-state index contributed by atoms with van der Waals surface area (Å²) in [6, 6.07) is 120. The first-order valence-electron chi connectivity index (χ1n) is 51.1. The van der Waals surface area contributed by atoms with Crippen LogP contribution in [-0.2, 0) is 89.0 Å². The van der Waals surface area contributed by atoms with Crippen LogP contribution in [0.15, 0.2) is 370 Å². The van der Waals surface area contributed by atoms with E-state index in [4.69, 9.17) is 12.3 Å². The Balaban J connectivity index is 0.000000270. The fraction of sp³-hybridized carbons (Fsp3) is 0.230. The second-order valence-electron chi connectivity index (χ2n) is 38.9. The molecule has 0 spiro atoms. The van der Waals surface area contributed by atoms with E-state index in [0.717, 1.165) is 79.2 Å². The third-order valence-electron chi connectivity index (χ3n) is 27.0. The van der Waals surface area contributed by atoms with Crippen molar-refractivity contribution in [2.24, 2.45) is 17.8 Å². The van der Waals surface area contributed by atoms with Crippen molar-refractivity contribution in [1.82, 2.24) is 34.3 Å². The van der Waals surface area contributed by atoms with Crippen LogP contribution < -0.4 is 75.6 Å². The summed E-state index contributed by atoms with van der Waals surface area (Å²) >= 11 is 0. The van der Waals surface area contributed by atoms with Crippen LogP contribution >= 0.6 is 0 Å². The van der Waals surface area contributed by atoms with E-state index in [1.807, 2.05) is 227 Å². The molecule has 0 radical (unpaired) electrons. The molecule has 0 N–H and O–H groups in total. The summed E-state index contributed by atoms with van der Waals surface area (Å²) in [7, 11) is -3.67. The molecule has 0 saturated heterocycles. The molecule has 5 aliphatic rings. The van der Waals surface area contributed by atoms with E-state index < -0.39 is 34.1 Å². The molecule has 5 aromatic heterocycles. The monoisotopic (exact) mass is 2520 g/mol. The van der Waals surface area contributed by atoms with Gasteiger partial charge in [-0.3, -0.25) is 17.9 Å². The summed E-state index contributed by atoms with van der Waals surface area (Å²) in [5, 5.41) is 10.1. The maximum Gasteiger partial charge on any atom is 3.00 e. The number of halogens is 4. The van der Waals surface area contributed by atoms with E-state index in [9.17, 15) is 18.1 Å². The van der Waals surface area contributed by atoms with Crippen LogP contribution in [0.4, 0.5) is 24.3 Å². The minimum absolute atomic E-state index is 0. The Kier molecular flexibility index (Phi) is 40.8. The molecule has 11 nitrogen and oxygen atoms in total. The first kappa shape index (κ1) is 109. The normalized spacial score (nSPS) is 15.3. The summed E-state index contributed by atoms with van der Waals surface area (Å²) in [4.78, 5) is 24.8. The average molecular weight is 2520 g/mol. The van der Waals surface area contributed by atoms with Crippen molar-refractivity contribution in [2.45, 2.75) is 159 Å². The van der Waals surface area contributed by atoms with Crippen molar-refractivity contribution >= 4 is 18.9 Å². The standard InChI is InChI=1S/C18H15N.3C18H14N.C16H21N2.2C16H20N2.C4H9O.2CH3.BF3.FH.3Ir.K/c4*1-14-12-18(16-10-6-3-7-11-16)19-13-17(14)15-8-4-2-5-9-15;3*1-15(2)12-8-6-7-9-13(12)18-11-17(5)10-14(18)16(15,3)4;1-4(2,3)5;;;2-1(3)4;;;;;/h2-13H,1H3;3*2-10,12-13H,1H3;6-11H,1-5H3;2*6-8,10-11H,1-5H3;1-3H3;2*1H3;;1H;;;;/q;3*-1;+1;2*-2;3*-1;;;3*+3;+1/p-1/i;;;;3*5D3;;;;;;;;;. The van der Waals surface area contributed by atoms with Crippen molar-refractivity contribution < 1.29 is 151 Å². The Hall–Kier alpha value is -10.8. The Morgan fingerprint density at radius 2 is 0.644 bits per heavy atom. The number of para-hydroxylation sites is 3. The topological polar surface area (TPSA) is 96.4 Å². The zero-order chi connectivity index (χ0) is 107. The van der Waals surface area contributed by atoms with Crippen molar-refractivity contribution in [3.63, 3.8) is 0 Å². The fourth-order valence-electron chi connectivity index (χ4n) is 17.4. The number of rotatable bonds is 8. The van der Waals surface area contributed by atoms with E-state index in [1.54, 1.807) is 59.0 Å². The van der Waals surface area contributed by atoms with E-state index in [1.165, 1.54) is 97.8 Å². The van der Waals surface area contributed by atoms with Gasteiger partial charge in [-0.25, -0.2) is 4.57 Å². The molecule has 0 aliphatic carbocycles. The van der Waals surface area contributed by atoms with Gasteiger partial charge >= 0.3 is 119 Å². The van der Waals surface area contributed by atoms with E-state index in [2.05, 4.69) is 282 Å². The Bertz CT molecular complexity index is 6630. The average Bonchev–Trinajstić information content (AvgIpc) is 1.55. The van der Waals surface area contributed by atoms with E-state index >= 15 is 0 Å². The van der Waals surface area contributed by atoms with Crippen molar-refractivity contribution in [2.75, 3.05) is 23.8 Å². The van der Waals surface area contributed by atoms with Crippen LogP contribution in [0.25, 0.3) is 95.2 Å². The van der Waals surface area contributed by atoms with E-state index in [-0.39, 0.29) is 164 Å². The molecule has 10 heterocycles. The number of nitrogens with zero attached hydrogens (tertiary/aromatic N) is 10. The number of aromatic nitrogens is 6. The van der Waals surface area contributed by atoms with Gasteiger partial charge in [0, 0.05) is 99.4 Å². The van der Waals surface area contributed by atoms with Gasteiger partial charge in [-0.05, 0) is 139 Å². The van der Waals surface area contributed by atoms with Crippen LogP contribution in [0, 0.1) is 97.0 Å². The molecular formula is C126H133BF4Ir3KN10O. The predicted octanol–water partition coefficient (Wildman–Crippen LogP) is 24.1. The SMILES string of the molecule is CC(C)(C)[O-].Cc1cc(-c2[c-]cccc2)ncc1-c1ccccc1.Cc1cc(-c2[c-]cccc2)ncc1-c1ccccc1.Cc1cc(-c2[c-]cccc2)ncc1-c1ccccc1.Cc1cc(-c2ccccc2)ncc1-c1ccccc1.FB(F)F.[2H]C([2H])([2H])N1C=C2N([CH-]1)c1[c-]cccc1C(C)(C)C2(C)C.[2H]C([2H])([2H])N1C=C2N([CH-]1)c1[c-]cccc1C(C)(C)C2(C)C.[2H]C([2H])([2H])[n+]1cc2n(c1)-c1ccccc1C(C)(C)C2(C)C.[CH3-].[CH3-].[F-].[Ir+3].[Ir+3].[Ir+3].[K+]. The van der Waals surface area contributed by atoms with Gasteiger partial charge in [-0.2, -0.15) is 66.4 Å². The molecule has 11 aromatic carbocycles. The maximum atomic E-state index is 10.1. The first-order valence-corrected chi connectivity index (χ1v) is 46.6. The third kappa shape index (κ3) is 29.5. The molecule has 752 valence electrons. The Labute approximate surface area is 964 Å². The van der Waals surface area contributed by atoms with Crippen LogP contribution in [0.2, 0.25) is 0 Å². The van der Waals surface area contributed by atoms with Gasteiger partial charge in [-0.1, -0.05) is 292 Å². The summed E-state index contributed by atoms with van der Waals surface area (Å²) in [6.45, 7) is 36.5. The third-order valence-corrected chi connectivity index (χ3v) is 27.0. The van der Waals surface area contributed by atoms with Gasteiger partial charge in [0.15, 0.2) is 5.69 Å². The number of imidazole rings is 1. The molecule has 16 aromatic rings. The number of hydrogen-bond acceptors (Lipinski definition) is 9. The first-order chi connectivity index (χ1) is 69.8. The maximum absolute atomic E-state index is 10.1. The Morgan fingerprint density at radius 1 is 0.370 bits per heavy atom. The number of pyridine rings is 4. The van der Waals surface area contributed by atoms with Crippen molar-refractivity contribution in [1.29, 1.82) is 0 Å². The van der Waals surface area contributed by atoms with Gasteiger partial charge in [-0.15, -0.1) is 136 Å². The van der Waals surface area contributed by atoms with E-state index in [0.29, 0.717) is 0 Å². The number of hydrogen-bond donors (Lipinski definition) is 0.